The van der Waals surface area contributed by atoms with Gasteiger partial charge in [0.1, 0.15) is 0 Å². The number of benzene rings is 2. The van der Waals surface area contributed by atoms with E-state index in [0.29, 0.717) is 13.1 Å². The van der Waals surface area contributed by atoms with E-state index in [1.165, 1.54) is 4.31 Å². The molecule has 0 spiro atoms. The van der Waals surface area contributed by atoms with Gasteiger partial charge in [-0.15, -0.1) is 0 Å². The van der Waals surface area contributed by atoms with Crippen molar-refractivity contribution in [2.24, 2.45) is 0 Å². The van der Waals surface area contributed by atoms with Gasteiger partial charge in [0, 0.05) is 19.6 Å². The fourth-order valence-electron chi connectivity index (χ4n) is 3.44. The van der Waals surface area contributed by atoms with Crippen LogP contribution >= 0.6 is 0 Å². The monoisotopic (exact) mass is 400 g/mol. The zero-order valence-electron chi connectivity index (χ0n) is 16.4. The van der Waals surface area contributed by atoms with E-state index in [0.717, 1.165) is 36.8 Å². The minimum atomic E-state index is -3.77. The van der Waals surface area contributed by atoms with Crippen LogP contribution in [0.15, 0.2) is 59.5 Å². The molecular formula is C22H28N2O3S. The molecule has 0 saturated carbocycles. The van der Waals surface area contributed by atoms with Crippen LogP contribution in [0.2, 0.25) is 0 Å². The van der Waals surface area contributed by atoms with E-state index < -0.39 is 10.0 Å². The standard InChI is InChI=1S/C22H28N2O3S/c1-19-11-13-20(14-12-19)17-24(28(26,27)21-9-5-4-6-10-21)18-22(25)23-15-7-2-3-8-16-23/h4-6,9-14H,2-3,7-8,15-18H2,1H3. The van der Waals surface area contributed by atoms with Crippen LogP contribution in [0.25, 0.3) is 0 Å². The quantitative estimate of drug-likeness (QED) is 0.745. The Morgan fingerprint density at radius 2 is 1.54 bits per heavy atom. The molecule has 6 heteroatoms. The Bertz CT molecular complexity index is 872. The summed E-state index contributed by atoms with van der Waals surface area (Å²) in [5.74, 6) is -0.117. The van der Waals surface area contributed by atoms with Crippen LogP contribution in [-0.2, 0) is 21.4 Å². The van der Waals surface area contributed by atoms with Gasteiger partial charge < -0.3 is 4.90 Å². The van der Waals surface area contributed by atoms with Crippen molar-refractivity contribution in [1.29, 1.82) is 0 Å². The maximum absolute atomic E-state index is 13.2. The zero-order valence-corrected chi connectivity index (χ0v) is 17.2. The highest BCUT2D eigenvalue weighted by Gasteiger charge is 2.28. The Morgan fingerprint density at radius 1 is 0.929 bits per heavy atom. The molecule has 0 radical (unpaired) electrons. The zero-order chi connectivity index (χ0) is 20.0. The van der Waals surface area contributed by atoms with Crippen molar-refractivity contribution in [2.45, 2.75) is 44.0 Å². The Kier molecular flexibility index (Phi) is 6.86. The van der Waals surface area contributed by atoms with Crippen LogP contribution < -0.4 is 0 Å². The lowest BCUT2D eigenvalue weighted by Crippen LogP contribution is -2.43. The number of sulfonamides is 1. The molecule has 2 aromatic carbocycles. The van der Waals surface area contributed by atoms with Gasteiger partial charge in [-0.1, -0.05) is 60.9 Å². The highest BCUT2D eigenvalue weighted by atomic mass is 32.2. The molecule has 1 saturated heterocycles. The molecule has 1 aliphatic rings. The molecule has 0 atom stereocenters. The average molecular weight is 401 g/mol. The molecular weight excluding hydrogens is 372 g/mol. The van der Waals surface area contributed by atoms with Crippen LogP contribution in [0.1, 0.15) is 36.8 Å². The van der Waals surface area contributed by atoms with Crippen LogP contribution in [0, 0.1) is 6.92 Å². The van der Waals surface area contributed by atoms with Crippen molar-refractivity contribution in [3.8, 4) is 0 Å². The summed E-state index contributed by atoms with van der Waals surface area (Å²) in [6.07, 6.45) is 4.21. The lowest BCUT2D eigenvalue weighted by molar-refractivity contribution is -0.131. The predicted octanol–water partition coefficient (Wildman–Crippen LogP) is 3.59. The number of hydrogen-bond acceptors (Lipinski definition) is 3. The molecule has 28 heavy (non-hydrogen) atoms. The predicted molar refractivity (Wildman–Crippen MR) is 110 cm³/mol. The number of hydrogen-bond donors (Lipinski definition) is 0. The van der Waals surface area contributed by atoms with Gasteiger partial charge in [-0.2, -0.15) is 4.31 Å². The van der Waals surface area contributed by atoms with E-state index in [-0.39, 0.29) is 23.9 Å². The minimum absolute atomic E-state index is 0.117. The number of carbonyl (C=O) groups is 1. The molecule has 1 amide bonds. The Balaban J connectivity index is 1.85. The van der Waals surface area contributed by atoms with Crippen molar-refractivity contribution < 1.29 is 13.2 Å². The van der Waals surface area contributed by atoms with Gasteiger partial charge in [0.25, 0.3) is 0 Å². The van der Waals surface area contributed by atoms with E-state index in [1.807, 2.05) is 36.1 Å². The first kappa shape index (κ1) is 20.6. The van der Waals surface area contributed by atoms with Crippen molar-refractivity contribution >= 4 is 15.9 Å². The number of carbonyl (C=O) groups excluding carboxylic acids is 1. The second kappa shape index (κ2) is 9.34. The first-order chi connectivity index (χ1) is 13.5. The molecule has 0 N–H and O–H groups in total. The van der Waals surface area contributed by atoms with Gasteiger partial charge in [0.2, 0.25) is 15.9 Å². The van der Waals surface area contributed by atoms with E-state index >= 15 is 0 Å². The summed E-state index contributed by atoms with van der Waals surface area (Å²) >= 11 is 0. The maximum atomic E-state index is 13.2. The molecule has 0 unspecified atom stereocenters. The molecule has 1 fully saturated rings. The Morgan fingerprint density at radius 3 is 2.14 bits per heavy atom. The van der Waals surface area contributed by atoms with Crippen LogP contribution in [0.4, 0.5) is 0 Å². The van der Waals surface area contributed by atoms with Gasteiger partial charge >= 0.3 is 0 Å². The third-order valence-corrected chi connectivity index (χ3v) is 6.94. The van der Waals surface area contributed by atoms with E-state index in [4.69, 9.17) is 0 Å². The van der Waals surface area contributed by atoms with E-state index in [9.17, 15) is 13.2 Å². The lowest BCUT2D eigenvalue weighted by atomic mass is 10.1. The number of nitrogens with zero attached hydrogens (tertiary/aromatic N) is 2. The second-order valence-corrected chi connectivity index (χ2v) is 9.30. The fraction of sp³-hybridized carbons (Fsp3) is 0.409. The van der Waals surface area contributed by atoms with Gasteiger partial charge in [-0.3, -0.25) is 4.79 Å². The molecule has 0 bridgehead atoms. The summed E-state index contributed by atoms with van der Waals surface area (Å²) < 4.78 is 27.8. The summed E-state index contributed by atoms with van der Waals surface area (Å²) in [6, 6.07) is 16.1. The van der Waals surface area contributed by atoms with Gasteiger partial charge in [-0.25, -0.2) is 8.42 Å². The molecule has 1 aliphatic heterocycles. The summed E-state index contributed by atoms with van der Waals surface area (Å²) in [5, 5.41) is 0. The third-order valence-electron chi connectivity index (χ3n) is 5.13. The third kappa shape index (κ3) is 5.20. The Labute approximate surface area is 168 Å². The molecule has 0 aliphatic carbocycles. The highest BCUT2D eigenvalue weighted by Crippen LogP contribution is 2.19. The van der Waals surface area contributed by atoms with E-state index in [2.05, 4.69) is 0 Å². The number of rotatable bonds is 6. The molecule has 2 aromatic rings. The first-order valence-electron chi connectivity index (χ1n) is 9.85. The Hall–Kier alpha value is -2.18. The second-order valence-electron chi connectivity index (χ2n) is 7.37. The largest absolute Gasteiger partial charge is 0.342 e. The van der Waals surface area contributed by atoms with Gasteiger partial charge in [0.15, 0.2) is 0 Å². The highest BCUT2D eigenvalue weighted by molar-refractivity contribution is 7.89. The number of amides is 1. The molecule has 5 nitrogen and oxygen atoms in total. The maximum Gasteiger partial charge on any atom is 0.243 e. The summed E-state index contributed by atoms with van der Waals surface area (Å²) in [5.41, 5.74) is 1.98. The summed E-state index contributed by atoms with van der Waals surface area (Å²) in [7, 11) is -3.77. The number of aryl methyl sites for hydroxylation is 1. The molecule has 3 rings (SSSR count). The number of likely N-dealkylation sites (tertiary alicyclic amines) is 1. The smallest absolute Gasteiger partial charge is 0.243 e. The average Bonchev–Trinajstić information content (AvgIpc) is 2.99. The van der Waals surface area contributed by atoms with Crippen LogP contribution in [0.3, 0.4) is 0 Å². The van der Waals surface area contributed by atoms with E-state index in [1.54, 1.807) is 30.3 Å². The normalized spacial score (nSPS) is 15.4. The van der Waals surface area contributed by atoms with Gasteiger partial charge in [-0.05, 0) is 37.5 Å². The van der Waals surface area contributed by atoms with Crippen LogP contribution in [-0.4, -0.2) is 43.2 Å². The molecule has 0 aromatic heterocycles. The van der Waals surface area contributed by atoms with Crippen molar-refractivity contribution in [1.82, 2.24) is 9.21 Å². The topological polar surface area (TPSA) is 57.7 Å². The summed E-state index contributed by atoms with van der Waals surface area (Å²) in [4.78, 5) is 14.9. The fourth-order valence-corrected chi connectivity index (χ4v) is 4.83. The molecule has 1 heterocycles. The lowest BCUT2D eigenvalue weighted by Gasteiger charge is -2.26. The van der Waals surface area contributed by atoms with Gasteiger partial charge in [0.05, 0.1) is 11.4 Å². The van der Waals surface area contributed by atoms with Crippen molar-refractivity contribution in [2.75, 3.05) is 19.6 Å². The van der Waals surface area contributed by atoms with Crippen molar-refractivity contribution in [3.05, 3.63) is 65.7 Å². The van der Waals surface area contributed by atoms with Crippen molar-refractivity contribution in [3.63, 3.8) is 0 Å². The molecule has 150 valence electrons. The summed E-state index contributed by atoms with van der Waals surface area (Å²) in [6.45, 7) is 3.46. The SMILES string of the molecule is Cc1ccc(CN(CC(=O)N2CCCCCC2)S(=O)(=O)c2ccccc2)cc1. The van der Waals surface area contributed by atoms with Crippen LogP contribution in [0.5, 0.6) is 0 Å². The first-order valence-corrected chi connectivity index (χ1v) is 11.3. The minimum Gasteiger partial charge on any atom is -0.342 e.